The minimum Gasteiger partial charge on any atom is -0.464 e. The first-order valence-electron chi connectivity index (χ1n) is 6.31. The minimum absolute atomic E-state index is 0.0906. The van der Waals surface area contributed by atoms with Crippen LogP contribution in [0.4, 0.5) is 0 Å². The Labute approximate surface area is 113 Å². The Morgan fingerprint density at radius 3 is 2.63 bits per heavy atom. The van der Waals surface area contributed by atoms with Gasteiger partial charge >= 0.3 is 5.97 Å². The maximum atomic E-state index is 12.1. The third kappa shape index (κ3) is 3.53. The first-order chi connectivity index (χ1) is 8.91. The molecule has 1 heterocycles. The predicted molar refractivity (Wildman–Crippen MR) is 71.6 cm³/mol. The van der Waals surface area contributed by atoms with Crippen molar-refractivity contribution in [1.82, 2.24) is 10.3 Å². The Balaban J connectivity index is 2.91. The lowest BCUT2D eigenvalue weighted by Crippen LogP contribution is -2.56. The van der Waals surface area contributed by atoms with E-state index in [-0.39, 0.29) is 18.4 Å². The van der Waals surface area contributed by atoms with Gasteiger partial charge in [0.2, 0.25) is 0 Å². The number of esters is 1. The molecule has 5 heteroatoms. The van der Waals surface area contributed by atoms with Crippen LogP contribution < -0.4 is 5.32 Å². The van der Waals surface area contributed by atoms with E-state index in [1.807, 2.05) is 13.8 Å². The van der Waals surface area contributed by atoms with E-state index in [2.05, 4.69) is 10.3 Å². The Hall–Kier alpha value is -1.91. The molecule has 0 aliphatic heterocycles. The van der Waals surface area contributed by atoms with Crippen molar-refractivity contribution in [2.45, 2.75) is 33.2 Å². The number of amides is 1. The van der Waals surface area contributed by atoms with Gasteiger partial charge in [0.05, 0.1) is 12.2 Å². The molecular weight excluding hydrogens is 244 g/mol. The molecule has 19 heavy (non-hydrogen) atoms. The maximum Gasteiger partial charge on any atom is 0.331 e. The zero-order chi connectivity index (χ0) is 14.5. The van der Waals surface area contributed by atoms with Gasteiger partial charge in [0.15, 0.2) is 0 Å². The fourth-order valence-electron chi connectivity index (χ4n) is 1.52. The Bertz CT molecular complexity index is 445. The van der Waals surface area contributed by atoms with Crippen molar-refractivity contribution >= 4 is 11.9 Å². The Kier molecular flexibility index (Phi) is 5.03. The molecule has 1 amide bonds. The van der Waals surface area contributed by atoms with E-state index in [4.69, 9.17) is 4.74 Å². The van der Waals surface area contributed by atoms with Crippen LogP contribution in [0.2, 0.25) is 0 Å². The van der Waals surface area contributed by atoms with Crippen LogP contribution in [0.15, 0.2) is 24.5 Å². The second kappa shape index (κ2) is 6.31. The molecule has 1 aromatic rings. The van der Waals surface area contributed by atoms with Crippen LogP contribution in [0.1, 0.15) is 38.1 Å². The molecule has 1 atom stereocenters. The number of rotatable bonds is 5. The van der Waals surface area contributed by atoms with E-state index in [0.717, 1.165) is 0 Å². The zero-order valence-electron chi connectivity index (χ0n) is 11.8. The molecule has 0 radical (unpaired) electrons. The highest BCUT2D eigenvalue weighted by molar-refractivity contribution is 5.97. The smallest absolute Gasteiger partial charge is 0.331 e. The van der Waals surface area contributed by atoms with Crippen LogP contribution in [-0.2, 0) is 9.53 Å². The molecule has 0 bridgehead atoms. The molecule has 0 aliphatic carbocycles. The molecule has 0 unspecified atom stereocenters. The van der Waals surface area contributed by atoms with Gasteiger partial charge in [-0.25, -0.2) is 4.79 Å². The Morgan fingerprint density at radius 1 is 1.47 bits per heavy atom. The SMILES string of the molecule is CCOC(=O)[C@](C)(NC(=O)c1cccnc1)C(C)C. The molecule has 0 aliphatic rings. The molecule has 0 saturated carbocycles. The van der Waals surface area contributed by atoms with Gasteiger partial charge in [-0.2, -0.15) is 0 Å². The summed E-state index contributed by atoms with van der Waals surface area (Å²) in [6.07, 6.45) is 3.05. The van der Waals surface area contributed by atoms with Crippen LogP contribution in [0.3, 0.4) is 0 Å². The van der Waals surface area contributed by atoms with Gasteiger partial charge < -0.3 is 10.1 Å². The molecule has 0 saturated heterocycles. The summed E-state index contributed by atoms with van der Waals surface area (Å²) in [7, 11) is 0. The number of ether oxygens (including phenoxy) is 1. The van der Waals surface area contributed by atoms with Crippen molar-refractivity contribution in [3.63, 3.8) is 0 Å². The summed E-state index contributed by atoms with van der Waals surface area (Å²) in [4.78, 5) is 28.0. The van der Waals surface area contributed by atoms with E-state index >= 15 is 0 Å². The highest BCUT2D eigenvalue weighted by Crippen LogP contribution is 2.19. The van der Waals surface area contributed by atoms with Crippen molar-refractivity contribution in [2.75, 3.05) is 6.61 Å². The maximum absolute atomic E-state index is 12.1. The molecule has 0 aromatic carbocycles. The van der Waals surface area contributed by atoms with Crippen molar-refractivity contribution in [1.29, 1.82) is 0 Å². The number of nitrogens with one attached hydrogen (secondary N) is 1. The number of nitrogens with zero attached hydrogens (tertiary/aromatic N) is 1. The van der Waals surface area contributed by atoms with Crippen molar-refractivity contribution in [2.24, 2.45) is 5.92 Å². The molecule has 0 spiro atoms. The van der Waals surface area contributed by atoms with E-state index in [0.29, 0.717) is 5.56 Å². The van der Waals surface area contributed by atoms with Gasteiger partial charge in [0.25, 0.3) is 5.91 Å². The van der Waals surface area contributed by atoms with Gasteiger partial charge in [-0.1, -0.05) is 13.8 Å². The van der Waals surface area contributed by atoms with Gasteiger partial charge in [0, 0.05) is 12.4 Å². The van der Waals surface area contributed by atoms with Crippen LogP contribution >= 0.6 is 0 Å². The third-order valence-corrected chi connectivity index (χ3v) is 3.15. The topological polar surface area (TPSA) is 68.3 Å². The number of pyridine rings is 1. The van der Waals surface area contributed by atoms with Gasteiger partial charge in [-0.15, -0.1) is 0 Å². The fourth-order valence-corrected chi connectivity index (χ4v) is 1.52. The largest absolute Gasteiger partial charge is 0.464 e. The lowest BCUT2D eigenvalue weighted by molar-refractivity contribution is -0.152. The summed E-state index contributed by atoms with van der Waals surface area (Å²) in [5, 5.41) is 2.74. The first-order valence-corrected chi connectivity index (χ1v) is 6.31. The minimum atomic E-state index is -1.05. The summed E-state index contributed by atoms with van der Waals surface area (Å²) in [6.45, 7) is 7.41. The van der Waals surface area contributed by atoms with E-state index < -0.39 is 11.5 Å². The lowest BCUT2D eigenvalue weighted by atomic mass is 9.88. The number of hydrogen-bond acceptors (Lipinski definition) is 4. The molecule has 1 aromatic heterocycles. The molecule has 1 rings (SSSR count). The van der Waals surface area contributed by atoms with Crippen LogP contribution in [-0.4, -0.2) is 29.0 Å². The van der Waals surface area contributed by atoms with Crippen LogP contribution in [0.25, 0.3) is 0 Å². The lowest BCUT2D eigenvalue weighted by Gasteiger charge is -2.32. The molecule has 5 nitrogen and oxygen atoms in total. The average Bonchev–Trinajstić information content (AvgIpc) is 2.39. The van der Waals surface area contributed by atoms with E-state index in [1.165, 1.54) is 6.20 Å². The van der Waals surface area contributed by atoms with Gasteiger partial charge in [-0.05, 0) is 31.9 Å². The number of carbonyl (C=O) groups is 2. The molecule has 104 valence electrons. The molecule has 0 fully saturated rings. The second-order valence-electron chi connectivity index (χ2n) is 4.77. The summed E-state index contributed by atoms with van der Waals surface area (Å²) < 4.78 is 5.04. The monoisotopic (exact) mass is 264 g/mol. The predicted octanol–water partition coefficient (Wildman–Crippen LogP) is 1.79. The fraction of sp³-hybridized carbons (Fsp3) is 0.500. The summed E-state index contributed by atoms with van der Waals surface area (Å²) >= 11 is 0. The summed E-state index contributed by atoms with van der Waals surface area (Å²) in [5.41, 5.74) is -0.637. The molecule has 1 N–H and O–H groups in total. The highest BCUT2D eigenvalue weighted by Gasteiger charge is 2.39. The number of carbonyl (C=O) groups excluding carboxylic acids is 2. The Morgan fingerprint density at radius 2 is 2.16 bits per heavy atom. The van der Waals surface area contributed by atoms with Gasteiger partial charge in [0.1, 0.15) is 5.54 Å². The first kappa shape index (κ1) is 15.1. The number of hydrogen-bond donors (Lipinski definition) is 1. The average molecular weight is 264 g/mol. The normalized spacial score (nSPS) is 13.7. The quantitative estimate of drug-likeness (QED) is 0.823. The van der Waals surface area contributed by atoms with Crippen LogP contribution in [0.5, 0.6) is 0 Å². The zero-order valence-corrected chi connectivity index (χ0v) is 11.8. The van der Waals surface area contributed by atoms with Crippen molar-refractivity contribution in [3.8, 4) is 0 Å². The highest BCUT2D eigenvalue weighted by atomic mass is 16.5. The van der Waals surface area contributed by atoms with Crippen LogP contribution in [0, 0.1) is 5.92 Å². The van der Waals surface area contributed by atoms with Crippen molar-refractivity contribution in [3.05, 3.63) is 30.1 Å². The van der Waals surface area contributed by atoms with Crippen molar-refractivity contribution < 1.29 is 14.3 Å². The second-order valence-corrected chi connectivity index (χ2v) is 4.77. The van der Waals surface area contributed by atoms with E-state index in [1.54, 1.807) is 32.2 Å². The third-order valence-electron chi connectivity index (χ3n) is 3.15. The summed E-state index contributed by atoms with van der Waals surface area (Å²) in [5.74, 6) is -0.855. The standard InChI is InChI=1S/C14H20N2O3/c1-5-19-13(18)14(4,10(2)3)16-12(17)11-7-6-8-15-9-11/h6-10H,5H2,1-4H3,(H,16,17)/t14-/m1/s1. The van der Waals surface area contributed by atoms with E-state index in [9.17, 15) is 9.59 Å². The molecular formula is C14H20N2O3. The summed E-state index contributed by atoms with van der Waals surface area (Å²) in [6, 6.07) is 3.32. The van der Waals surface area contributed by atoms with Gasteiger partial charge in [-0.3, -0.25) is 9.78 Å². The number of aromatic nitrogens is 1.